The molecule has 32 heavy (non-hydrogen) atoms. The number of alkyl halides is 3. The largest absolute Gasteiger partial charge is 0.497 e. The quantitative estimate of drug-likeness (QED) is 0.536. The molecule has 3 heterocycles. The molecule has 1 N–H and O–H groups in total. The van der Waals surface area contributed by atoms with Crippen molar-refractivity contribution in [3.05, 3.63) is 42.6 Å². The third kappa shape index (κ3) is 5.68. The van der Waals surface area contributed by atoms with Crippen LogP contribution in [0, 0.1) is 5.92 Å². The van der Waals surface area contributed by atoms with Crippen molar-refractivity contribution in [2.24, 2.45) is 5.92 Å². The van der Waals surface area contributed by atoms with Crippen LogP contribution in [0.4, 0.5) is 30.8 Å². The molecule has 1 fully saturated rings. The first-order valence-electron chi connectivity index (χ1n) is 10.5. The third-order valence-corrected chi connectivity index (χ3v) is 5.03. The van der Waals surface area contributed by atoms with Crippen molar-refractivity contribution in [1.29, 1.82) is 0 Å². The number of piperidine rings is 1. The lowest BCUT2D eigenvalue weighted by atomic mass is 9.96. The molecule has 1 aliphatic heterocycles. The Labute approximate surface area is 184 Å². The summed E-state index contributed by atoms with van der Waals surface area (Å²) in [6.45, 7) is 4.52. The Morgan fingerprint density at radius 3 is 2.41 bits per heavy atom. The van der Waals surface area contributed by atoms with Crippen LogP contribution < -0.4 is 15.0 Å². The first-order valence-corrected chi connectivity index (χ1v) is 10.5. The molecule has 0 amide bonds. The van der Waals surface area contributed by atoms with Crippen LogP contribution in [0.25, 0.3) is 11.3 Å². The predicted molar refractivity (Wildman–Crippen MR) is 116 cm³/mol. The molecule has 0 unspecified atom stereocenters. The van der Waals surface area contributed by atoms with Crippen molar-refractivity contribution in [1.82, 2.24) is 15.1 Å². The van der Waals surface area contributed by atoms with Crippen molar-refractivity contribution in [3.8, 4) is 17.0 Å². The normalized spacial score (nSPS) is 14.5. The van der Waals surface area contributed by atoms with Crippen molar-refractivity contribution in [3.63, 3.8) is 0 Å². The van der Waals surface area contributed by atoms with E-state index >= 15 is 0 Å². The molecule has 1 aromatic carbocycles. The first-order chi connectivity index (χ1) is 15.4. The van der Waals surface area contributed by atoms with Gasteiger partial charge in [0.15, 0.2) is 0 Å². The number of hydrogen-bond donors (Lipinski definition) is 1. The molecule has 1 saturated heterocycles. The van der Waals surface area contributed by atoms with Crippen molar-refractivity contribution < 1.29 is 22.4 Å². The van der Waals surface area contributed by atoms with E-state index in [4.69, 9.17) is 9.26 Å². The molecule has 0 atom stereocenters. The van der Waals surface area contributed by atoms with Crippen molar-refractivity contribution in [2.45, 2.75) is 32.9 Å². The molecule has 172 valence electrons. The van der Waals surface area contributed by atoms with Gasteiger partial charge in [-0.25, -0.2) is 4.98 Å². The van der Waals surface area contributed by atoms with Crippen LogP contribution in [-0.4, -0.2) is 41.5 Å². The van der Waals surface area contributed by atoms with E-state index in [9.17, 15) is 13.2 Å². The van der Waals surface area contributed by atoms with E-state index in [1.54, 1.807) is 30.3 Å². The lowest BCUT2D eigenvalue weighted by molar-refractivity contribution is -0.179. The Hall–Kier alpha value is -3.30. The number of nitrogens with zero attached hydrogens (tertiary/aromatic N) is 4. The van der Waals surface area contributed by atoms with E-state index in [0.29, 0.717) is 23.3 Å². The van der Waals surface area contributed by atoms with Crippen LogP contribution in [0.15, 0.2) is 47.1 Å². The molecule has 7 nitrogen and oxygen atoms in total. The Morgan fingerprint density at radius 1 is 1.09 bits per heavy atom. The summed E-state index contributed by atoms with van der Waals surface area (Å²) >= 11 is 0. The zero-order valence-corrected chi connectivity index (χ0v) is 18.2. The van der Waals surface area contributed by atoms with Crippen LogP contribution >= 0.6 is 0 Å². The molecule has 2 aromatic heterocycles. The zero-order valence-electron chi connectivity index (χ0n) is 18.2. The van der Waals surface area contributed by atoms with E-state index in [-0.39, 0.29) is 25.9 Å². The standard InChI is InChI=1S/C20H20F3N5O2.C2H6/c1-29-15-4-2-13(3-5-15)16-12-18(30-27-16)25-17-6-9-24-19(26-17)28-10-7-14(8-11-28)20(21,22)23;1-2/h2-6,9,12,14H,7-8,10-11H2,1H3,(H,24,25,26);1-2H3. The fraction of sp³-hybridized carbons (Fsp3) is 0.409. The highest BCUT2D eigenvalue weighted by molar-refractivity contribution is 5.64. The van der Waals surface area contributed by atoms with E-state index < -0.39 is 12.1 Å². The minimum absolute atomic E-state index is 0.0395. The number of halogens is 3. The van der Waals surface area contributed by atoms with Gasteiger partial charge in [0.2, 0.25) is 11.8 Å². The van der Waals surface area contributed by atoms with E-state index in [1.165, 1.54) is 0 Å². The highest BCUT2D eigenvalue weighted by Crippen LogP contribution is 2.35. The zero-order chi connectivity index (χ0) is 23.1. The van der Waals surface area contributed by atoms with Gasteiger partial charge in [-0.1, -0.05) is 19.0 Å². The molecule has 10 heteroatoms. The third-order valence-electron chi connectivity index (χ3n) is 5.03. The fourth-order valence-electron chi connectivity index (χ4n) is 3.34. The number of benzene rings is 1. The molecule has 0 radical (unpaired) electrons. The van der Waals surface area contributed by atoms with Crippen LogP contribution in [0.5, 0.6) is 5.75 Å². The summed E-state index contributed by atoms with van der Waals surface area (Å²) in [5.74, 6) is 0.723. The van der Waals surface area contributed by atoms with Crippen LogP contribution in [0.2, 0.25) is 0 Å². The van der Waals surface area contributed by atoms with E-state index in [1.807, 2.05) is 38.1 Å². The van der Waals surface area contributed by atoms with Gasteiger partial charge >= 0.3 is 6.18 Å². The summed E-state index contributed by atoms with van der Waals surface area (Å²) in [4.78, 5) is 10.4. The molecule has 0 aliphatic carbocycles. The SMILES string of the molecule is CC.COc1ccc(-c2cc(Nc3ccnc(N4CCC(C(F)(F)F)CC4)n3)on2)cc1. The maximum Gasteiger partial charge on any atom is 0.391 e. The molecule has 1 aliphatic rings. The van der Waals surface area contributed by atoms with Gasteiger partial charge < -0.3 is 19.5 Å². The average Bonchev–Trinajstić information content (AvgIpc) is 3.28. The number of aromatic nitrogens is 3. The lowest BCUT2D eigenvalue weighted by Crippen LogP contribution is -2.39. The van der Waals surface area contributed by atoms with Gasteiger partial charge in [0.25, 0.3) is 0 Å². The maximum atomic E-state index is 12.9. The number of anilines is 3. The highest BCUT2D eigenvalue weighted by atomic mass is 19.4. The Bertz CT molecular complexity index is 984. The monoisotopic (exact) mass is 449 g/mol. The average molecular weight is 449 g/mol. The molecular formula is C22H26F3N5O2. The summed E-state index contributed by atoms with van der Waals surface area (Å²) in [7, 11) is 1.60. The molecule has 3 aromatic rings. The molecule has 4 rings (SSSR count). The second-order valence-corrected chi connectivity index (χ2v) is 6.97. The number of hydrogen-bond acceptors (Lipinski definition) is 7. The molecular weight excluding hydrogens is 423 g/mol. The van der Waals surface area contributed by atoms with Crippen molar-refractivity contribution >= 4 is 17.7 Å². The maximum absolute atomic E-state index is 12.9. The summed E-state index contributed by atoms with van der Waals surface area (Å²) in [5.41, 5.74) is 1.51. The minimum atomic E-state index is -4.15. The van der Waals surface area contributed by atoms with E-state index in [0.717, 1.165) is 11.3 Å². The minimum Gasteiger partial charge on any atom is -0.497 e. The number of rotatable bonds is 5. The number of nitrogens with one attached hydrogen (secondary N) is 1. The van der Waals surface area contributed by atoms with Gasteiger partial charge in [-0.05, 0) is 43.2 Å². The van der Waals surface area contributed by atoms with Gasteiger partial charge in [0, 0.05) is 30.9 Å². The highest BCUT2D eigenvalue weighted by Gasteiger charge is 2.41. The first kappa shape index (κ1) is 23.4. The van der Waals surface area contributed by atoms with E-state index in [2.05, 4.69) is 20.4 Å². The predicted octanol–water partition coefficient (Wildman–Crippen LogP) is 5.69. The van der Waals surface area contributed by atoms with Crippen molar-refractivity contribution in [2.75, 3.05) is 30.4 Å². The molecule has 0 spiro atoms. The summed E-state index contributed by atoms with van der Waals surface area (Å²) in [6.07, 6.45) is -2.51. The Kier molecular flexibility index (Phi) is 7.55. The van der Waals surface area contributed by atoms with Crippen LogP contribution in [0.3, 0.4) is 0 Å². The summed E-state index contributed by atoms with van der Waals surface area (Å²) < 4.78 is 49.0. The molecule has 0 bridgehead atoms. The second kappa shape index (κ2) is 10.3. The van der Waals surface area contributed by atoms with Gasteiger partial charge in [0.1, 0.15) is 17.3 Å². The summed E-state index contributed by atoms with van der Waals surface area (Å²) in [5, 5.41) is 7.06. The Balaban J connectivity index is 0.00000141. The Morgan fingerprint density at radius 2 is 1.78 bits per heavy atom. The second-order valence-electron chi connectivity index (χ2n) is 6.97. The topological polar surface area (TPSA) is 76.3 Å². The molecule has 0 saturated carbocycles. The summed E-state index contributed by atoms with van der Waals surface area (Å²) in [6, 6.07) is 10.8. The van der Waals surface area contributed by atoms with Gasteiger partial charge in [0.05, 0.1) is 13.0 Å². The van der Waals surface area contributed by atoms with Crippen LogP contribution in [-0.2, 0) is 0 Å². The van der Waals surface area contributed by atoms with Crippen LogP contribution in [0.1, 0.15) is 26.7 Å². The van der Waals surface area contributed by atoms with Gasteiger partial charge in [-0.2, -0.15) is 18.2 Å². The number of methoxy groups -OCH3 is 1. The number of ether oxygens (including phenoxy) is 1. The lowest BCUT2D eigenvalue weighted by Gasteiger charge is -2.32. The fourth-order valence-corrected chi connectivity index (χ4v) is 3.34. The van der Waals surface area contributed by atoms with Gasteiger partial charge in [-0.3, -0.25) is 0 Å². The van der Waals surface area contributed by atoms with Gasteiger partial charge in [-0.15, -0.1) is 0 Å². The smallest absolute Gasteiger partial charge is 0.391 e.